The van der Waals surface area contributed by atoms with Crippen LogP contribution in [-0.2, 0) is 15.7 Å². The monoisotopic (exact) mass is 475 g/mol. The molecule has 148 valence electrons. The summed E-state index contributed by atoms with van der Waals surface area (Å²) in [7, 11) is -0.224. The molecular weight excluding hydrogens is 456 g/mol. The zero-order valence-corrected chi connectivity index (χ0v) is 18.6. The first kappa shape index (κ1) is 20.5. The molecule has 30 heavy (non-hydrogen) atoms. The van der Waals surface area contributed by atoms with Gasteiger partial charge < -0.3 is 4.74 Å². The lowest BCUT2D eigenvalue weighted by Gasteiger charge is -2.11. The number of hydrogen-bond acceptors (Lipinski definition) is 2. The van der Waals surface area contributed by atoms with Gasteiger partial charge in [0.2, 0.25) is 0 Å². The second kappa shape index (κ2) is 9.79. The van der Waals surface area contributed by atoms with Gasteiger partial charge in [-0.25, -0.2) is 0 Å². The number of ether oxygens (including phenoxy) is 1. The summed E-state index contributed by atoms with van der Waals surface area (Å²) in [4.78, 5) is 15.7. The minimum atomic E-state index is -0.498. The molecule has 0 aliphatic rings. The Morgan fingerprint density at radius 1 is 0.633 bits per heavy atom. The van der Waals surface area contributed by atoms with Crippen LogP contribution in [0.4, 0.5) is 0 Å². The van der Waals surface area contributed by atoms with E-state index >= 15 is 0 Å². The summed E-state index contributed by atoms with van der Waals surface area (Å²) < 4.78 is 5.59. The van der Waals surface area contributed by atoms with E-state index in [4.69, 9.17) is 4.74 Å². The van der Waals surface area contributed by atoms with E-state index in [0.717, 1.165) is 5.56 Å². The zero-order valence-electron chi connectivity index (χ0n) is 16.1. The van der Waals surface area contributed by atoms with Crippen LogP contribution < -0.4 is 4.74 Å². The van der Waals surface area contributed by atoms with E-state index in [9.17, 15) is 4.79 Å². The molecule has 0 saturated heterocycles. The van der Waals surface area contributed by atoms with Crippen LogP contribution >= 0.6 is 15.9 Å². The van der Waals surface area contributed by atoms with E-state index in [-0.39, 0.29) is 16.9 Å². The first-order chi connectivity index (χ1) is 14.7. The minimum Gasteiger partial charge on any atom is -0.425 e. The molecule has 0 spiro atoms. The van der Waals surface area contributed by atoms with Crippen molar-refractivity contribution in [2.75, 3.05) is 0 Å². The molecule has 0 amide bonds. The molecule has 0 fully saturated rings. The molecule has 0 saturated carbocycles. The molecule has 4 aromatic carbocycles. The van der Waals surface area contributed by atoms with Crippen molar-refractivity contribution in [3.63, 3.8) is 0 Å². The fourth-order valence-corrected chi connectivity index (χ4v) is 5.57. The van der Waals surface area contributed by atoms with Gasteiger partial charge in [-0.1, -0.05) is 82.7 Å². The van der Waals surface area contributed by atoms with E-state index in [1.165, 1.54) is 14.7 Å². The quantitative estimate of drug-likeness (QED) is 0.132. The third-order valence-corrected chi connectivity index (χ3v) is 7.67. The Kier molecular flexibility index (Phi) is 6.67. The van der Waals surface area contributed by atoms with Crippen molar-refractivity contribution < 1.29 is 9.53 Å². The smallest absolute Gasteiger partial charge is 0.329 e. The number of esters is 1. The molecule has 0 heterocycles. The van der Waals surface area contributed by atoms with Gasteiger partial charge in [0.05, 0.1) is 10.9 Å². The van der Waals surface area contributed by atoms with Crippen molar-refractivity contribution in [3.05, 3.63) is 121 Å². The van der Waals surface area contributed by atoms with E-state index in [1.807, 2.05) is 66.7 Å². The van der Waals surface area contributed by atoms with E-state index < -0.39 is 4.83 Å². The van der Waals surface area contributed by atoms with Crippen molar-refractivity contribution in [2.24, 2.45) is 0 Å². The predicted molar refractivity (Wildman–Crippen MR) is 125 cm³/mol. The van der Waals surface area contributed by atoms with Gasteiger partial charge in [-0.05, 0) is 54.1 Å². The molecule has 1 unspecified atom stereocenters. The summed E-state index contributed by atoms with van der Waals surface area (Å²) in [5, 5.41) is 0. The zero-order chi connectivity index (χ0) is 20.8. The molecule has 4 aromatic rings. The van der Waals surface area contributed by atoms with E-state index in [2.05, 4.69) is 64.5 Å². The van der Waals surface area contributed by atoms with Gasteiger partial charge in [-0.2, -0.15) is 0 Å². The first-order valence-corrected chi connectivity index (χ1v) is 11.7. The normalized spacial score (nSPS) is 11.8. The van der Waals surface area contributed by atoms with E-state index in [0.29, 0.717) is 5.75 Å². The Balaban J connectivity index is 1.56. The van der Waals surface area contributed by atoms with Crippen LogP contribution in [0.3, 0.4) is 0 Å². The third kappa shape index (κ3) is 4.84. The molecule has 4 rings (SSSR count). The van der Waals surface area contributed by atoms with Crippen molar-refractivity contribution >= 4 is 32.8 Å². The highest BCUT2D eigenvalue weighted by Crippen LogP contribution is 2.32. The van der Waals surface area contributed by atoms with Crippen molar-refractivity contribution in [1.29, 1.82) is 0 Å². The van der Waals surface area contributed by atoms with Crippen LogP contribution in [0.1, 0.15) is 10.4 Å². The molecule has 0 radical (unpaired) electrons. The summed E-state index contributed by atoms with van der Waals surface area (Å²) in [6.07, 6.45) is 0. The van der Waals surface area contributed by atoms with Gasteiger partial charge in [-0.3, -0.25) is 4.79 Å². The highest BCUT2D eigenvalue weighted by molar-refractivity contribution is 9.09. The predicted octanol–water partition coefficient (Wildman–Crippen LogP) is 6.82. The Morgan fingerprint density at radius 3 is 1.57 bits per heavy atom. The standard InChI is InChI=1S/C26H20BrO2S/c27-25(20-10-4-1-5-11-20)26(28)29-21-16-18-24(19-17-21)30(22-12-6-2-7-13-22)23-14-8-3-9-15-23/h1-19,25H/q+1. The van der Waals surface area contributed by atoms with Crippen LogP contribution in [-0.4, -0.2) is 5.97 Å². The third-order valence-electron chi connectivity index (χ3n) is 4.53. The number of benzene rings is 4. The fourth-order valence-electron chi connectivity index (χ4n) is 3.09. The molecule has 1 atom stereocenters. The second-order valence-electron chi connectivity index (χ2n) is 6.60. The summed E-state index contributed by atoms with van der Waals surface area (Å²) in [5.74, 6) is 0.202. The number of rotatable bonds is 6. The average Bonchev–Trinajstić information content (AvgIpc) is 2.82. The maximum Gasteiger partial charge on any atom is 0.329 e. The van der Waals surface area contributed by atoms with Crippen molar-refractivity contribution in [1.82, 2.24) is 0 Å². The summed E-state index contributed by atoms with van der Waals surface area (Å²) >= 11 is 3.43. The highest BCUT2D eigenvalue weighted by atomic mass is 79.9. The molecule has 0 bridgehead atoms. The number of hydrogen-bond donors (Lipinski definition) is 0. The van der Waals surface area contributed by atoms with Crippen molar-refractivity contribution in [3.8, 4) is 5.75 Å². The molecule has 0 aromatic heterocycles. The summed E-state index contributed by atoms with van der Waals surface area (Å²) in [6.45, 7) is 0. The Hall–Kier alpha value is -2.82. The number of carbonyl (C=O) groups excluding carboxylic acids is 1. The SMILES string of the molecule is O=C(Oc1ccc([S+](c2ccccc2)c2ccccc2)cc1)C(Br)c1ccccc1. The fraction of sp³-hybridized carbons (Fsp3) is 0.0385. The number of halogens is 1. The number of alkyl halides is 1. The van der Waals surface area contributed by atoms with Crippen LogP contribution in [0.25, 0.3) is 0 Å². The lowest BCUT2D eigenvalue weighted by Crippen LogP contribution is -2.14. The topological polar surface area (TPSA) is 26.3 Å². The first-order valence-electron chi connectivity index (χ1n) is 9.57. The molecule has 4 heteroatoms. The maximum atomic E-state index is 12.5. The molecule has 0 aliphatic carbocycles. The van der Waals surface area contributed by atoms with Gasteiger partial charge in [0.25, 0.3) is 0 Å². The van der Waals surface area contributed by atoms with Crippen LogP contribution in [0, 0.1) is 0 Å². The Morgan fingerprint density at radius 2 is 1.07 bits per heavy atom. The summed E-state index contributed by atoms with van der Waals surface area (Å²) in [6, 6.07) is 38.3. The largest absolute Gasteiger partial charge is 0.425 e. The van der Waals surface area contributed by atoms with Crippen LogP contribution in [0.5, 0.6) is 5.75 Å². The van der Waals surface area contributed by atoms with Crippen LogP contribution in [0.2, 0.25) is 0 Å². The Labute approximate surface area is 188 Å². The van der Waals surface area contributed by atoms with Gasteiger partial charge in [0.15, 0.2) is 14.7 Å². The van der Waals surface area contributed by atoms with Gasteiger partial charge >= 0.3 is 5.97 Å². The maximum absolute atomic E-state index is 12.5. The summed E-state index contributed by atoms with van der Waals surface area (Å²) in [5.41, 5.74) is 0.869. The number of carbonyl (C=O) groups is 1. The second-order valence-corrected chi connectivity index (χ2v) is 9.54. The van der Waals surface area contributed by atoms with E-state index in [1.54, 1.807) is 0 Å². The van der Waals surface area contributed by atoms with Crippen LogP contribution in [0.15, 0.2) is 130 Å². The molecule has 0 aliphatic heterocycles. The lowest BCUT2D eigenvalue weighted by molar-refractivity contribution is -0.133. The molecule has 2 nitrogen and oxygen atoms in total. The van der Waals surface area contributed by atoms with Crippen molar-refractivity contribution in [2.45, 2.75) is 19.5 Å². The molecule has 0 N–H and O–H groups in total. The average molecular weight is 476 g/mol. The van der Waals surface area contributed by atoms with Gasteiger partial charge in [0.1, 0.15) is 10.6 Å². The van der Waals surface area contributed by atoms with Gasteiger partial charge in [-0.15, -0.1) is 0 Å². The Bertz CT molecular complexity index is 1040. The molecular formula is C26H20BrO2S+. The van der Waals surface area contributed by atoms with Gasteiger partial charge in [0, 0.05) is 0 Å². The minimum absolute atomic E-state index is 0.224. The highest BCUT2D eigenvalue weighted by Gasteiger charge is 2.28. The lowest BCUT2D eigenvalue weighted by atomic mass is 10.1.